The number of rotatable bonds is 4. The van der Waals surface area contributed by atoms with Crippen LogP contribution in [0.4, 0.5) is 5.69 Å². The van der Waals surface area contributed by atoms with E-state index in [-0.39, 0.29) is 5.91 Å². The van der Waals surface area contributed by atoms with Crippen LogP contribution in [-0.2, 0) is 0 Å². The molecule has 1 aliphatic heterocycles. The molecular weight excluding hydrogens is 342 g/mol. The summed E-state index contributed by atoms with van der Waals surface area (Å²) in [4.78, 5) is 17.1. The Morgan fingerprint density at radius 1 is 1.00 bits per heavy atom. The van der Waals surface area contributed by atoms with Crippen LogP contribution in [0.25, 0.3) is 11.3 Å². The molecule has 6 nitrogen and oxygen atoms in total. The van der Waals surface area contributed by atoms with Crippen LogP contribution in [0, 0.1) is 0 Å². The summed E-state index contributed by atoms with van der Waals surface area (Å²) in [5, 5.41) is 3.85. The number of benzene rings is 2. The minimum atomic E-state index is -0.0465. The number of carbonyl (C=O) groups is 1. The summed E-state index contributed by atoms with van der Waals surface area (Å²) in [6, 6.07) is 17.5. The zero-order valence-corrected chi connectivity index (χ0v) is 15.2. The van der Waals surface area contributed by atoms with Gasteiger partial charge < -0.3 is 19.1 Å². The van der Waals surface area contributed by atoms with Crippen LogP contribution in [0.5, 0.6) is 5.75 Å². The number of nitrogens with zero attached hydrogens (tertiary/aromatic N) is 3. The summed E-state index contributed by atoms with van der Waals surface area (Å²) in [7, 11) is 1.68. The number of para-hydroxylation sites is 2. The third-order valence-corrected chi connectivity index (χ3v) is 4.83. The average molecular weight is 363 g/mol. The van der Waals surface area contributed by atoms with Crippen molar-refractivity contribution in [3.8, 4) is 17.1 Å². The van der Waals surface area contributed by atoms with E-state index in [0.29, 0.717) is 24.4 Å². The number of methoxy groups -OCH3 is 1. The van der Waals surface area contributed by atoms with E-state index < -0.39 is 0 Å². The first kappa shape index (κ1) is 17.1. The van der Waals surface area contributed by atoms with Crippen molar-refractivity contribution in [3.05, 3.63) is 66.4 Å². The number of piperazine rings is 1. The topological polar surface area (TPSA) is 58.8 Å². The second-order valence-corrected chi connectivity index (χ2v) is 6.39. The highest BCUT2D eigenvalue weighted by atomic mass is 16.5. The molecule has 138 valence electrons. The van der Waals surface area contributed by atoms with Gasteiger partial charge in [0.15, 0.2) is 5.76 Å². The van der Waals surface area contributed by atoms with Crippen molar-refractivity contribution in [1.29, 1.82) is 0 Å². The largest absolute Gasteiger partial charge is 0.495 e. The summed E-state index contributed by atoms with van der Waals surface area (Å²) in [6.07, 6.45) is 1.51. The molecule has 2 aromatic carbocycles. The van der Waals surface area contributed by atoms with Crippen LogP contribution in [0.1, 0.15) is 10.4 Å². The van der Waals surface area contributed by atoms with Crippen molar-refractivity contribution in [2.75, 3.05) is 38.2 Å². The molecule has 0 unspecified atom stereocenters. The second kappa shape index (κ2) is 7.53. The van der Waals surface area contributed by atoms with Gasteiger partial charge in [-0.25, -0.2) is 0 Å². The van der Waals surface area contributed by atoms with Crippen LogP contribution in [-0.4, -0.2) is 49.3 Å². The SMILES string of the molecule is COc1ccccc1N1CCN(C(=O)c2cnoc2-c2ccccc2)CC1. The van der Waals surface area contributed by atoms with E-state index in [4.69, 9.17) is 9.26 Å². The zero-order valence-electron chi connectivity index (χ0n) is 15.2. The van der Waals surface area contributed by atoms with Crippen LogP contribution in [0.3, 0.4) is 0 Å². The lowest BCUT2D eigenvalue weighted by Crippen LogP contribution is -2.48. The highest BCUT2D eigenvalue weighted by molar-refractivity contribution is 5.99. The number of carbonyl (C=O) groups excluding carboxylic acids is 1. The average Bonchev–Trinajstić information content (AvgIpc) is 3.24. The number of aromatic nitrogens is 1. The van der Waals surface area contributed by atoms with Gasteiger partial charge in [0.2, 0.25) is 0 Å². The molecule has 0 atom stereocenters. The highest BCUT2D eigenvalue weighted by Gasteiger charge is 2.27. The normalized spacial score (nSPS) is 14.3. The predicted molar refractivity (Wildman–Crippen MR) is 103 cm³/mol. The molecule has 0 radical (unpaired) electrons. The Morgan fingerprint density at radius 2 is 1.70 bits per heavy atom. The van der Waals surface area contributed by atoms with Gasteiger partial charge in [0.05, 0.1) is 19.0 Å². The predicted octanol–water partition coefficient (Wildman–Crippen LogP) is 3.31. The third kappa shape index (κ3) is 3.38. The molecule has 0 N–H and O–H groups in total. The minimum absolute atomic E-state index is 0.0465. The molecule has 2 heterocycles. The quantitative estimate of drug-likeness (QED) is 0.712. The van der Waals surface area contributed by atoms with Gasteiger partial charge in [-0.3, -0.25) is 4.79 Å². The Balaban J connectivity index is 1.48. The van der Waals surface area contributed by atoms with Gasteiger partial charge in [0.25, 0.3) is 5.91 Å². The summed E-state index contributed by atoms with van der Waals surface area (Å²) in [6.45, 7) is 2.77. The molecule has 4 rings (SSSR count). The van der Waals surface area contributed by atoms with E-state index in [1.807, 2.05) is 59.5 Å². The first-order valence-electron chi connectivity index (χ1n) is 8.95. The van der Waals surface area contributed by atoms with E-state index in [2.05, 4.69) is 10.1 Å². The van der Waals surface area contributed by atoms with Gasteiger partial charge in [-0.1, -0.05) is 47.6 Å². The molecule has 0 aliphatic carbocycles. The van der Waals surface area contributed by atoms with E-state index in [1.165, 1.54) is 6.20 Å². The Labute approximate surface area is 157 Å². The Kier molecular flexibility index (Phi) is 4.78. The maximum absolute atomic E-state index is 13.0. The molecule has 3 aromatic rings. The van der Waals surface area contributed by atoms with E-state index in [1.54, 1.807) is 7.11 Å². The first-order valence-corrected chi connectivity index (χ1v) is 8.95. The van der Waals surface area contributed by atoms with E-state index in [9.17, 15) is 4.79 Å². The summed E-state index contributed by atoms with van der Waals surface area (Å²) >= 11 is 0. The van der Waals surface area contributed by atoms with E-state index in [0.717, 1.165) is 30.1 Å². The summed E-state index contributed by atoms with van der Waals surface area (Å²) in [5.41, 5.74) is 2.42. The molecule has 27 heavy (non-hydrogen) atoms. The Bertz CT molecular complexity index is 915. The molecule has 1 amide bonds. The number of hydrogen-bond acceptors (Lipinski definition) is 5. The van der Waals surface area contributed by atoms with Gasteiger partial charge >= 0.3 is 0 Å². The maximum Gasteiger partial charge on any atom is 0.259 e. The molecule has 0 bridgehead atoms. The third-order valence-electron chi connectivity index (χ3n) is 4.83. The number of anilines is 1. The van der Waals surface area contributed by atoms with Crippen molar-refractivity contribution in [2.24, 2.45) is 0 Å². The van der Waals surface area contributed by atoms with Gasteiger partial charge in [0, 0.05) is 31.7 Å². The molecule has 1 fully saturated rings. The van der Waals surface area contributed by atoms with Crippen molar-refractivity contribution in [2.45, 2.75) is 0 Å². The zero-order chi connectivity index (χ0) is 18.6. The molecule has 0 spiro atoms. The smallest absolute Gasteiger partial charge is 0.259 e. The van der Waals surface area contributed by atoms with Gasteiger partial charge in [-0.15, -0.1) is 0 Å². The summed E-state index contributed by atoms with van der Waals surface area (Å²) in [5.74, 6) is 1.32. The molecule has 6 heteroatoms. The van der Waals surface area contributed by atoms with Crippen LogP contribution >= 0.6 is 0 Å². The fourth-order valence-corrected chi connectivity index (χ4v) is 3.40. The second-order valence-electron chi connectivity index (χ2n) is 6.39. The van der Waals surface area contributed by atoms with E-state index >= 15 is 0 Å². The van der Waals surface area contributed by atoms with Gasteiger partial charge in [-0.05, 0) is 12.1 Å². The van der Waals surface area contributed by atoms with Crippen molar-refractivity contribution in [1.82, 2.24) is 10.1 Å². The molecular formula is C21H21N3O3. The lowest BCUT2D eigenvalue weighted by molar-refractivity contribution is 0.0747. The maximum atomic E-state index is 13.0. The van der Waals surface area contributed by atoms with Crippen molar-refractivity contribution >= 4 is 11.6 Å². The van der Waals surface area contributed by atoms with Crippen LogP contribution in [0.2, 0.25) is 0 Å². The van der Waals surface area contributed by atoms with Gasteiger partial charge in [0.1, 0.15) is 11.3 Å². The van der Waals surface area contributed by atoms with Crippen molar-refractivity contribution in [3.63, 3.8) is 0 Å². The Morgan fingerprint density at radius 3 is 2.44 bits per heavy atom. The lowest BCUT2D eigenvalue weighted by Gasteiger charge is -2.36. The minimum Gasteiger partial charge on any atom is -0.495 e. The molecule has 0 saturated carbocycles. The number of ether oxygens (including phenoxy) is 1. The monoisotopic (exact) mass is 363 g/mol. The molecule has 1 saturated heterocycles. The summed E-state index contributed by atoms with van der Waals surface area (Å²) < 4.78 is 10.8. The van der Waals surface area contributed by atoms with Gasteiger partial charge in [-0.2, -0.15) is 0 Å². The fourth-order valence-electron chi connectivity index (χ4n) is 3.40. The Hall–Kier alpha value is -3.28. The lowest BCUT2D eigenvalue weighted by atomic mass is 10.1. The highest BCUT2D eigenvalue weighted by Crippen LogP contribution is 2.29. The van der Waals surface area contributed by atoms with Crippen molar-refractivity contribution < 1.29 is 14.1 Å². The van der Waals surface area contributed by atoms with Crippen LogP contribution < -0.4 is 9.64 Å². The first-order chi connectivity index (χ1) is 13.3. The standard InChI is InChI=1S/C21H21N3O3/c1-26-19-10-6-5-9-18(19)23-11-13-24(14-12-23)21(25)17-15-22-27-20(17)16-7-3-2-4-8-16/h2-10,15H,11-14H2,1H3. The van der Waals surface area contributed by atoms with Crippen LogP contribution in [0.15, 0.2) is 65.3 Å². The number of amides is 1. The fraction of sp³-hybridized carbons (Fsp3) is 0.238. The molecule has 1 aliphatic rings. The number of hydrogen-bond donors (Lipinski definition) is 0. The molecule has 1 aromatic heterocycles.